The van der Waals surface area contributed by atoms with E-state index in [1.807, 2.05) is 0 Å². The summed E-state index contributed by atoms with van der Waals surface area (Å²) in [4.78, 5) is 0. The van der Waals surface area contributed by atoms with Crippen molar-refractivity contribution in [2.45, 2.75) is 32.1 Å². The fourth-order valence-corrected chi connectivity index (χ4v) is 3.60. The van der Waals surface area contributed by atoms with Gasteiger partial charge in [0.05, 0.1) is 0 Å². The van der Waals surface area contributed by atoms with Crippen LogP contribution in [0.3, 0.4) is 0 Å². The molecule has 0 N–H and O–H groups in total. The Morgan fingerprint density at radius 2 is 1.83 bits per heavy atom. The molecule has 1 aliphatic carbocycles. The Hall–Kier alpha value is 0.660. The van der Waals surface area contributed by atoms with Crippen molar-refractivity contribution in [3.8, 4) is 0 Å². The van der Waals surface area contributed by atoms with E-state index in [4.69, 9.17) is 0 Å². The zero-order valence-corrected chi connectivity index (χ0v) is 9.12. The van der Waals surface area contributed by atoms with Gasteiger partial charge in [-0.15, -0.1) is 0 Å². The molecule has 2 fully saturated rings. The lowest BCUT2D eigenvalue weighted by molar-refractivity contribution is 0.349. The molecule has 2 aliphatic rings. The predicted octanol–water partition coefficient (Wildman–Crippen LogP) is 2.99. The highest BCUT2D eigenvalue weighted by atomic mass is 33.1. The van der Waals surface area contributed by atoms with E-state index in [9.17, 15) is 0 Å². The summed E-state index contributed by atoms with van der Waals surface area (Å²) in [5.41, 5.74) is 0. The minimum absolute atomic E-state index is 0.993. The highest BCUT2D eigenvalue weighted by molar-refractivity contribution is 8.67. The van der Waals surface area contributed by atoms with Crippen molar-refractivity contribution in [1.82, 2.24) is 4.31 Å². The third-order valence-corrected chi connectivity index (χ3v) is 4.61. The van der Waals surface area contributed by atoms with E-state index in [1.165, 1.54) is 45.2 Å². The van der Waals surface area contributed by atoms with Gasteiger partial charge in [-0.3, -0.25) is 0 Å². The molecule has 1 nitrogen and oxygen atoms in total. The number of hydrogen-bond donors (Lipinski definition) is 1. The third kappa shape index (κ3) is 1.94. The second-order valence-electron chi connectivity index (χ2n) is 4.06. The number of nitrogens with zero attached hydrogens (tertiary/aromatic N) is 1. The molecule has 2 unspecified atom stereocenters. The van der Waals surface area contributed by atoms with Gasteiger partial charge in [-0.1, -0.05) is 24.5 Å². The Morgan fingerprint density at radius 3 is 2.67 bits per heavy atom. The minimum Gasteiger partial charge on any atom is -0.241 e. The smallest absolute Gasteiger partial charge is 0.0128 e. The van der Waals surface area contributed by atoms with E-state index in [2.05, 4.69) is 16.0 Å². The van der Waals surface area contributed by atoms with Gasteiger partial charge in [-0.2, -0.15) is 0 Å². The van der Waals surface area contributed by atoms with Crippen LogP contribution in [0.5, 0.6) is 0 Å². The molecule has 2 atom stereocenters. The van der Waals surface area contributed by atoms with Crippen molar-refractivity contribution in [2.75, 3.05) is 13.1 Å². The summed E-state index contributed by atoms with van der Waals surface area (Å²) in [5.74, 6) is 2.04. The molecule has 1 aliphatic heterocycles. The molecular formula is C9H17NS2. The maximum Gasteiger partial charge on any atom is 0.0128 e. The summed E-state index contributed by atoms with van der Waals surface area (Å²) in [5, 5.41) is 0. The van der Waals surface area contributed by atoms with Crippen LogP contribution in [0.25, 0.3) is 0 Å². The van der Waals surface area contributed by atoms with E-state index in [0.717, 1.165) is 11.8 Å². The van der Waals surface area contributed by atoms with Gasteiger partial charge in [-0.25, -0.2) is 4.31 Å². The van der Waals surface area contributed by atoms with Gasteiger partial charge in [0.2, 0.25) is 0 Å². The number of rotatable bonds is 1. The van der Waals surface area contributed by atoms with Crippen molar-refractivity contribution in [2.24, 2.45) is 11.8 Å². The molecule has 0 aromatic carbocycles. The fourth-order valence-electron chi connectivity index (χ4n) is 2.69. The van der Waals surface area contributed by atoms with Crippen LogP contribution in [-0.2, 0) is 0 Å². The molecule has 0 spiro atoms. The van der Waals surface area contributed by atoms with Crippen LogP contribution < -0.4 is 0 Å². The first-order chi connectivity index (χ1) is 5.90. The van der Waals surface area contributed by atoms with Crippen LogP contribution in [0.15, 0.2) is 0 Å². The quantitative estimate of drug-likeness (QED) is 0.396. The number of thiol groups is 1. The van der Waals surface area contributed by atoms with Gasteiger partial charge in [-0.05, 0) is 42.1 Å². The first kappa shape index (κ1) is 9.22. The van der Waals surface area contributed by atoms with Crippen LogP contribution in [0.1, 0.15) is 32.1 Å². The van der Waals surface area contributed by atoms with Crippen LogP contribution >= 0.6 is 22.6 Å². The molecule has 1 saturated heterocycles. The number of fused-ring (bicyclic) bond motifs is 1. The van der Waals surface area contributed by atoms with Gasteiger partial charge < -0.3 is 0 Å². The first-order valence-electron chi connectivity index (χ1n) is 4.96. The molecule has 0 aromatic rings. The van der Waals surface area contributed by atoms with E-state index in [-0.39, 0.29) is 0 Å². The summed E-state index contributed by atoms with van der Waals surface area (Å²) < 4.78 is 2.43. The van der Waals surface area contributed by atoms with Gasteiger partial charge in [0.15, 0.2) is 0 Å². The molecule has 2 rings (SSSR count). The van der Waals surface area contributed by atoms with E-state index >= 15 is 0 Å². The van der Waals surface area contributed by atoms with Crippen molar-refractivity contribution >= 4 is 22.6 Å². The van der Waals surface area contributed by atoms with Crippen molar-refractivity contribution in [3.63, 3.8) is 0 Å². The second kappa shape index (κ2) is 4.25. The SMILES string of the molecule is SSN1CCCC2CCCC2C1. The summed E-state index contributed by atoms with van der Waals surface area (Å²) in [6, 6.07) is 0. The van der Waals surface area contributed by atoms with Gasteiger partial charge in [0, 0.05) is 13.1 Å². The van der Waals surface area contributed by atoms with E-state index in [1.54, 1.807) is 11.0 Å². The third-order valence-electron chi connectivity index (χ3n) is 3.35. The van der Waals surface area contributed by atoms with E-state index in [0.29, 0.717) is 0 Å². The second-order valence-corrected chi connectivity index (χ2v) is 5.23. The number of hydrogen-bond acceptors (Lipinski definition) is 3. The average Bonchev–Trinajstić information content (AvgIpc) is 2.43. The Kier molecular flexibility index (Phi) is 3.27. The Morgan fingerprint density at radius 1 is 1.08 bits per heavy atom. The molecule has 70 valence electrons. The van der Waals surface area contributed by atoms with Crippen molar-refractivity contribution < 1.29 is 0 Å². The highest BCUT2D eigenvalue weighted by Crippen LogP contribution is 2.38. The molecule has 1 saturated carbocycles. The predicted molar refractivity (Wildman–Crippen MR) is 58.2 cm³/mol. The zero-order valence-electron chi connectivity index (χ0n) is 7.41. The molecule has 0 radical (unpaired) electrons. The highest BCUT2D eigenvalue weighted by Gasteiger charge is 2.30. The monoisotopic (exact) mass is 203 g/mol. The van der Waals surface area contributed by atoms with Gasteiger partial charge in [0.25, 0.3) is 0 Å². The van der Waals surface area contributed by atoms with Crippen molar-refractivity contribution in [1.29, 1.82) is 0 Å². The molecule has 1 heterocycles. The molecule has 3 heteroatoms. The van der Waals surface area contributed by atoms with Crippen molar-refractivity contribution in [3.05, 3.63) is 0 Å². The van der Waals surface area contributed by atoms with Crippen LogP contribution in [-0.4, -0.2) is 17.4 Å². The normalized spacial score (nSPS) is 37.8. The first-order valence-corrected chi connectivity index (χ1v) is 6.79. The Balaban J connectivity index is 1.94. The van der Waals surface area contributed by atoms with Crippen LogP contribution in [0.2, 0.25) is 0 Å². The topological polar surface area (TPSA) is 3.24 Å². The zero-order chi connectivity index (χ0) is 8.39. The Bertz CT molecular complexity index is 151. The maximum atomic E-state index is 4.28. The molecule has 0 amide bonds. The largest absolute Gasteiger partial charge is 0.241 e. The molecule has 12 heavy (non-hydrogen) atoms. The fraction of sp³-hybridized carbons (Fsp3) is 1.00. The minimum atomic E-state index is 0.993. The Labute approximate surface area is 84.2 Å². The van der Waals surface area contributed by atoms with Crippen LogP contribution in [0.4, 0.5) is 0 Å². The average molecular weight is 203 g/mol. The van der Waals surface area contributed by atoms with Crippen LogP contribution in [0, 0.1) is 11.8 Å². The molecule has 0 bridgehead atoms. The lowest BCUT2D eigenvalue weighted by atomic mass is 9.93. The van der Waals surface area contributed by atoms with Gasteiger partial charge in [0.1, 0.15) is 0 Å². The maximum absolute atomic E-state index is 4.28. The summed E-state index contributed by atoms with van der Waals surface area (Å²) in [6.45, 7) is 2.54. The summed E-state index contributed by atoms with van der Waals surface area (Å²) in [7, 11) is 1.64. The lowest BCUT2D eigenvalue weighted by Gasteiger charge is -2.20. The molecular weight excluding hydrogens is 186 g/mol. The van der Waals surface area contributed by atoms with Gasteiger partial charge >= 0.3 is 0 Å². The lowest BCUT2D eigenvalue weighted by Crippen LogP contribution is -2.21. The van der Waals surface area contributed by atoms with E-state index < -0.39 is 0 Å². The summed E-state index contributed by atoms with van der Waals surface area (Å²) in [6.07, 6.45) is 7.29. The standard InChI is InChI=1S/C9H17NS2/c11-12-10-6-2-5-8-3-1-4-9(8)7-10/h8-9,11H,1-7H2. The summed E-state index contributed by atoms with van der Waals surface area (Å²) >= 11 is 4.28. The molecule has 0 aromatic heterocycles.